The third-order valence-corrected chi connectivity index (χ3v) is 5.00. The monoisotopic (exact) mass is 425 g/mol. The number of fused-ring (bicyclic) bond motifs is 3. The Morgan fingerprint density at radius 3 is 2.06 bits per heavy atom. The summed E-state index contributed by atoms with van der Waals surface area (Å²) < 4.78 is 10.6. The molecule has 1 aliphatic carbocycles. The highest BCUT2D eigenvalue weighted by Gasteiger charge is 2.29. The number of esters is 1. The Labute approximate surface area is 181 Å². The molecule has 2 N–H and O–H groups in total. The van der Waals surface area contributed by atoms with Crippen LogP contribution < -0.4 is 5.32 Å². The highest BCUT2D eigenvalue weighted by Crippen LogP contribution is 2.44. The van der Waals surface area contributed by atoms with Crippen molar-refractivity contribution in [1.82, 2.24) is 5.32 Å². The zero-order valence-corrected chi connectivity index (χ0v) is 17.9. The Kier molecular flexibility index (Phi) is 6.63. The molecular formula is C24H27NO6. The molecular weight excluding hydrogens is 398 g/mol. The summed E-state index contributed by atoms with van der Waals surface area (Å²) in [6, 6.07) is 14.8. The molecule has 7 nitrogen and oxygen atoms in total. The third kappa shape index (κ3) is 5.63. The van der Waals surface area contributed by atoms with E-state index >= 15 is 0 Å². The van der Waals surface area contributed by atoms with Crippen molar-refractivity contribution in [1.29, 1.82) is 0 Å². The summed E-state index contributed by atoms with van der Waals surface area (Å²) in [7, 11) is 0. The van der Waals surface area contributed by atoms with Crippen LogP contribution >= 0.6 is 0 Å². The molecule has 0 spiro atoms. The predicted octanol–water partition coefficient (Wildman–Crippen LogP) is 4.10. The third-order valence-electron chi connectivity index (χ3n) is 5.00. The highest BCUT2D eigenvalue weighted by atomic mass is 16.6. The first-order valence-electron chi connectivity index (χ1n) is 10.2. The summed E-state index contributed by atoms with van der Waals surface area (Å²) in [6.07, 6.45) is -1.07. The minimum atomic E-state index is -1.24. The van der Waals surface area contributed by atoms with Gasteiger partial charge in [-0.05, 0) is 49.4 Å². The normalized spacial score (nSPS) is 13.6. The quantitative estimate of drug-likeness (QED) is 0.648. The van der Waals surface area contributed by atoms with E-state index in [-0.39, 0.29) is 25.4 Å². The minimum absolute atomic E-state index is 0.0634. The van der Waals surface area contributed by atoms with Crippen LogP contribution in [0.25, 0.3) is 11.1 Å². The number of alkyl carbamates (subject to hydrolysis) is 1. The van der Waals surface area contributed by atoms with E-state index in [9.17, 15) is 19.5 Å². The summed E-state index contributed by atoms with van der Waals surface area (Å²) >= 11 is 0. The smallest absolute Gasteiger partial charge is 0.408 e. The van der Waals surface area contributed by atoms with Crippen molar-refractivity contribution in [3.8, 4) is 11.1 Å². The molecule has 7 heteroatoms. The molecule has 0 aliphatic heterocycles. The fourth-order valence-electron chi connectivity index (χ4n) is 3.66. The molecule has 1 atom stereocenters. The molecule has 31 heavy (non-hydrogen) atoms. The van der Waals surface area contributed by atoms with Gasteiger partial charge in [0.1, 0.15) is 18.2 Å². The Bertz CT molecular complexity index is 933. The molecule has 1 aliphatic rings. The minimum Gasteiger partial charge on any atom is -0.480 e. The van der Waals surface area contributed by atoms with Crippen LogP contribution in [0.2, 0.25) is 0 Å². The lowest BCUT2D eigenvalue weighted by molar-refractivity contribution is -0.145. The molecule has 164 valence electrons. The molecule has 0 heterocycles. The first-order chi connectivity index (χ1) is 14.7. The molecule has 1 amide bonds. The molecule has 0 fully saturated rings. The second-order valence-electron chi connectivity index (χ2n) is 8.49. The van der Waals surface area contributed by atoms with E-state index in [1.807, 2.05) is 36.4 Å². The number of carboxylic acids is 1. The Morgan fingerprint density at radius 1 is 1.00 bits per heavy atom. The summed E-state index contributed by atoms with van der Waals surface area (Å²) in [5.74, 6) is -1.82. The summed E-state index contributed by atoms with van der Waals surface area (Å²) in [6.45, 7) is 5.21. The van der Waals surface area contributed by atoms with E-state index in [2.05, 4.69) is 17.4 Å². The standard InChI is InChI=1S/C24H27NO6/c1-24(2,3)31-23(29)25-20(22(27)28)12-13-21(26)30-14-19-17-10-6-4-8-15(17)16-9-5-7-11-18(16)19/h4-11,19-20H,12-14H2,1-3H3,(H,25,29)(H,27,28). The van der Waals surface area contributed by atoms with E-state index in [1.165, 1.54) is 0 Å². The number of nitrogens with one attached hydrogen (secondary N) is 1. The van der Waals surface area contributed by atoms with Crippen molar-refractivity contribution in [3.63, 3.8) is 0 Å². The van der Waals surface area contributed by atoms with Gasteiger partial charge in [0, 0.05) is 12.3 Å². The molecule has 2 aromatic carbocycles. The average Bonchev–Trinajstić information content (AvgIpc) is 3.02. The maximum Gasteiger partial charge on any atom is 0.408 e. The van der Waals surface area contributed by atoms with Crippen LogP contribution in [0.1, 0.15) is 50.7 Å². The van der Waals surface area contributed by atoms with E-state index in [0.717, 1.165) is 22.3 Å². The Morgan fingerprint density at radius 2 is 1.55 bits per heavy atom. The Hall–Kier alpha value is -3.35. The maximum atomic E-state index is 12.3. The van der Waals surface area contributed by atoms with Gasteiger partial charge in [0.2, 0.25) is 0 Å². The van der Waals surface area contributed by atoms with E-state index in [4.69, 9.17) is 9.47 Å². The fraction of sp³-hybridized carbons (Fsp3) is 0.375. The van der Waals surface area contributed by atoms with Gasteiger partial charge >= 0.3 is 18.0 Å². The van der Waals surface area contributed by atoms with Gasteiger partial charge in [-0.1, -0.05) is 48.5 Å². The summed E-state index contributed by atoms with van der Waals surface area (Å²) in [4.78, 5) is 35.6. The van der Waals surface area contributed by atoms with Crippen LogP contribution in [0, 0.1) is 0 Å². The predicted molar refractivity (Wildman–Crippen MR) is 115 cm³/mol. The van der Waals surface area contributed by atoms with Crippen molar-refractivity contribution in [2.45, 2.75) is 51.2 Å². The summed E-state index contributed by atoms with van der Waals surface area (Å²) in [5.41, 5.74) is 3.72. The van der Waals surface area contributed by atoms with Gasteiger partial charge in [0.15, 0.2) is 0 Å². The van der Waals surface area contributed by atoms with Gasteiger partial charge < -0.3 is 19.9 Å². The first kappa shape index (κ1) is 22.3. The molecule has 0 saturated heterocycles. The van der Waals surface area contributed by atoms with Gasteiger partial charge in [0.05, 0.1) is 0 Å². The van der Waals surface area contributed by atoms with Crippen molar-refractivity contribution in [2.24, 2.45) is 0 Å². The SMILES string of the molecule is CC(C)(C)OC(=O)NC(CCC(=O)OCC1c2ccccc2-c2ccccc21)C(=O)O. The van der Waals surface area contributed by atoms with Crippen LogP contribution in [-0.2, 0) is 19.1 Å². The van der Waals surface area contributed by atoms with Crippen molar-refractivity contribution >= 4 is 18.0 Å². The first-order valence-corrected chi connectivity index (χ1v) is 10.2. The van der Waals surface area contributed by atoms with Crippen LogP contribution in [0.5, 0.6) is 0 Å². The van der Waals surface area contributed by atoms with Gasteiger partial charge in [-0.15, -0.1) is 0 Å². The molecule has 2 aromatic rings. The van der Waals surface area contributed by atoms with Gasteiger partial charge in [-0.2, -0.15) is 0 Å². The molecule has 0 saturated carbocycles. The molecule has 1 unspecified atom stereocenters. The second kappa shape index (κ2) is 9.20. The molecule has 0 bridgehead atoms. The van der Waals surface area contributed by atoms with Crippen LogP contribution in [0.4, 0.5) is 4.79 Å². The number of hydrogen-bond donors (Lipinski definition) is 2. The number of rotatable bonds is 7. The number of benzene rings is 2. The second-order valence-corrected chi connectivity index (χ2v) is 8.49. The highest BCUT2D eigenvalue weighted by molar-refractivity contribution is 5.81. The zero-order chi connectivity index (χ0) is 22.6. The average molecular weight is 425 g/mol. The van der Waals surface area contributed by atoms with Crippen molar-refractivity contribution in [2.75, 3.05) is 6.61 Å². The molecule has 0 radical (unpaired) electrons. The van der Waals surface area contributed by atoms with Crippen LogP contribution in [0.15, 0.2) is 48.5 Å². The fourth-order valence-corrected chi connectivity index (χ4v) is 3.66. The largest absolute Gasteiger partial charge is 0.480 e. The maximum absolute atomic E-state index is 12.3. The molecule has 0 aromatic heterocycles. The lowest BCUT2D eigenvalue weighted by Gasteiger charge is -2.22. The van der Waals surface area contributed by atoms with Gasteiger partial charge in [-0.3, -0.25) is 4.79 Å². The number of carboxylic acid groups (broad SMARTS) is 1. The number of carbonyl (C=O) groups is 3. The van der Waals surface area contributed by atoms with Crippen LogP contribution in [0.3, 0.4) is 0 Å². The number of aliphatic carboxylic acids is 1. The number of amides is 1. The van der Waals surface area contributed by atoms with Gasteiger partial charge in [0.25, 0.3) is 0 Å². The van der Waals surface area contributed by atoms with E-state index in [0.29, 0.717) is 0 Å². The zero-order valence-electron chi connectivity index (χ0n) is 17.9. The number of carbonyl (C=O) groups excluding carboxylic acids is 2. The summed E-state index contributed by atoms with van der Waals surface area (Å²) in [5, 5.41) is 11.6. The molecule has 3 rings (SSSR count). The van der Waals surface area contributed by atoms with Crippen LogP contribution in [-0.4, -0.2) is 41.4 Å². The number of hydrogen-bond acceptors (Lipinski definition) is 5. The lowest BCUT2D eigenvalue weighted by Crippen LogP contribution is -2.43. The van der Waals surface area contributed by atoms with Crippen molar-refractivity contribution < 1.29 is 29.0 Å². The van der Waals surface area contributed by atoms with E-state index < -0.39 is 29.7 Å². The van der Waals surface area contributed by atoms with Crippen molar-refractivity contribution in [3.05, 3.63) is 59.7 Å². The van der Waals surface area contributed by atoms with E-state index in [1.54, 1.807) is 20.8 Å². The number of ether oxygens (including phenoxy) is 2. The topological polar surface area (TPSA) is 102 Å². The Balaban J connectivity index is 1.56. The van der Waals surface area contributed by atoms with Gasteiger partial charge in [-0.25, -0.2) is 9.59 Å². The lowest BCUT2D eigenvalue weighted by atomic mass is 9.98.